The smallest absolute Gasteiger partial charge is 0.269 e. The summed E-state index contributed by atoms with van der Waals surface area (Å²) in [6.07, 6.45) is 5.84. The maximum absolute atomic E-state index is 12.0. The number of rotatable bonds is 5. The van der Waals surface area contributed by atoms with Gasteiger partial charge in [0.25, 0.3) is 5.91 Å². The van der Waals surface area contributed by atoms with Gasteiger partial charge in [-0.15, -0.1) is 0 Å². The number of aromatic nitrogens is 2. The van der Waals surface area contributed by atoms with E-state index in [1.54, 1.807) is 17.1 Å². The molecule has 1 fully saturated rings. The van der Waals surface area contributed by atoms with Crippen molar-refractivity contribution in [3.8, 4) is 0 Å². The highest BCUT2D eigenvalue weighted by Gasteiger charge is 2.12. The molecule has 3 rings (SSSR count). The molecule has 1 aromatic carbocycles. The fourth-order valence-electron chi connectivity index (χ4n) is 2.81. The first-order valence-corrected chi connectivity index (χ1v) is 7.77. The Balaban J connectivity index is 1.52. The van der Waals surface area contributed by atoms with E-state index in [-0.39, 0.29) is 5.91 Å². The van der Waals surface area contributed by atoms with E-state index in [0.717, 1.165) is 12.1 Å². The summed E-state index contributed by atoms with van der Waals surface area (Å²) in [5, 5.41) is 2.92. The minimum absolute atomic E-state index is 0.0962. The van der Waals surface area contributed by atoms with Gasteiger partial charge in [0, 0.05) is 20.1 Å². The highest BCUT2D eigenvalue weighted by molar-refractivity contribution is 5.92. The summed E-state index contributed by atoms with van der Waals surface area (Å²) in [4.78, 5) is 18.5. The minimum Gasteiger partial charge on any atom is -0.347 e. The van der Waals surface area contributed by atoms with Crippen molar-refractivity contribution in [2.24, 2.45) is 7.05 Å². The molecule has 116 valence electrons. The fraction of sp³-hybridized carbons (Fsp3) is 0.412. The van der Waals surface area contributed by atoms with Crippen LogP contribution in [0.4, 0.5) is 0 Å². The van der Waals surface area contributed by atoms with Gasteiger partial charge in [0.1, 0.15) is 5.69 Å². The van der Waals surface area contributed by atoms with Crippen molar-refractivity contribution in [3.05, 3.63) is 53.6 Å². The van der Waals surface area contributed by atoms with Gasteiger partial charge >= 0.3 is 0 Å². The number of nitrogens with zero attached hydrogens (tertiary/aromatic N) is 3. The van der Waals surface area contributed by atoms with E-state index < -0.39 is 0 Å². The van der Waals surface area contributed by atoms with Crippen LogP contribution in [0.3, 0.4) is 0 Å². The number of carbonyl (C=O) groups is 1. The number of imidazole rings is 1. The Labute approximate surface area is 131 Å². The highest BCUT2D eigenvalue weighted by Crippen LogP contribution is 2.13. The van der Waals surface area contributed by atoms with Crippen molar-refractivity contribution in [1.29, 1.82) is 0 Å². The zero-order valence-electron chi connectivity index (χ0n) is 13.0. The van der Waals surface area contributed by atoms with Crippen LogP contribution < -0.4 is 5.32 Å². The van der Waals surface area contributed by atoms with Crippen molar-refractivity contribution in [2.45, 2.75) is 25.9 Å². The van der Waals surface area contributed by atoms with Gasteiger partial charge in [-0.25, -0.2) is 4.98 Å². The van der Waals surface area contributed by atoms with Crippen LogP contribution in [0.2, 0.25) is 0 Å². The normalized spacial score (nSPS) is 15.1. The zero-order chi connectivity index (χ0) is 15.4. The molecule has 5 heteroatoms. The molecule has 5 nitrogen and oxygen atoms in total. The van der Waals surface area contributed by atoms with Crippen LogP contribution in [0, 0.1) is 0 Å². The van der Waals surface area contributed by atoms with Gasteiger partial charge in [0.05, 0.1) is 12.5 Å². The second-order valence-corrected chi connectivity index (χ2v) is 5.87. The van der Waals surface area contributed by atoms with Crippen LogP contribution in [0.1, 0.15) is 34.5 Å². The number of likely N-dealkylation sites (tertiary alicyclic amines) is 1. The molecule has 2 heterocycles. The Morgan fingerprint density at radius 3 is 2.50 bits per heavy atom. The number of hydrogen-bond donors (Lipinski definition) is 1. The molecule has 0 bridgehead atoms. The van der Waals surface area contributed by atoms with Crippen LogP contribution in [0.5, 0.6) is 0 Å². The van der Waals surface area contributed by atoms with Crippen LogP contribution in [-0.2, 0) is 20.1 Å². The predicted molar refractivity (Wildman–Crippen MR) is 85.3 cm³/mol. The molecule has 1 amide bonds. The van der Waals surface area contributed by atoms with E-state index in [1.807, 2.05) is 7.05 Å². The molecule has 1 saturated heterocycles. The molecular weight excluding hydrogens is 276 g/mol. The summed E-state index contributed by atoms with van der Waals surface area (Å²) < 4.78 is 1.72. The Hall–Kier alpha value is -2.14. The zero-order valence-corrected chi connectivity index (χ0v) is 13.0. The number of benzene rings is 1. The molecule has 0 aliphatic carbocycles. The Morgan fingerprint density at radius 2 is 1.86 bits per heavy atom. The van der Waals surface area contributed by atoms with Gasteiger partial charge in [0.2, 0.25) is 0 Å². The maximum atomic E-state index is 12.0. The van der Waals surface area contributed by atoms with Crippen molar-refractivity contribution in [2.75, 3.05) is 13.1 Å². The van der Waals surface area contributed by atoms with Gasteiger partial charge in [-0.2, -0.15) is 0 Å². The molecular formula is C17H22N4O. The summed E-state index contributed by atoms with van der Waals surface area (Å²) in [6, 6.07) is 8.50. The van der Waals surface area contributed by atoms with Gasteiger partial charge in [0.15, 0.2) is 0 Å². The molecule has 1 aliphatic rings. The quantitative estimate of drug-likeness (QED) is 0.918. The number of hydrogen-bond acceptors (Lipinski definition) is 3. The van der Waals surface area contributed by atoms with E-state index in [1.165, 1.54) is 31.5 Å². The van der Waals surface area contributed by atoms with Gasteiger partial charge < -0.3 is 9.88 Å². The molecule has 1 aliphatic heterocycles. The van der Waals surface area contributed by atoms with Gasteiger partial charge in [-0.05, 0) is 37.1 Å². The van der Waals surface area contributed by atoms with E-state index in [0.29, 0.717) is 12.2 Å². The molecule has 1 aromatic heterocycles. The molecule has 22 heavy (non-hydrogen) atoms. The van der Waals surface area contributed by atoms with E-state index in [9.17, 15) is 4.79 Å². The van der Waals surface area contributed by atoms with Crippen LogP contribution in [-0.4, -0.2) is 33.4 Å². The highest BCUT2D eigenvalue weighted by atomic mass is 16.1. The number of aryl methyl sites for hydroxylation is 1. The van der Waals surface area contributed by atoms with Crippen molar-refractivity contribution >= 4 is 5.91 Å². The molecule has 0 spiro atoms. The van der Waals surface area contributed by atoms with E-state index >= 15 is 0 Å². The van der Waals surface area contributed by atoms with Crippen molar-refractivity contribution in [1.82, 2.24) is 19.8 Å². The molecule has 0 unspecified atom stereocenters. The maximum Gasteiger partial charge on any atom is 0.269 e. The lowest BCUT2D eigenvalue weighted by Crippen LogP contribution is -2.24. The van der Waals surface area contributed by atoms with Crippen LogP contribution in [0.25, 0.3) is 0 Å². The average Bonchev–Trinajstić information content (AvgIpc) is 3.18. The topological polar surface area (TPSA) is 50.2 Å². The van der Waals surface area contributed by atoms with Crippen molar-refractivity contribution < 1.29 is 4.79 Å². The van der Waals surface area contributed by atoms with Gasteiger partial charge in [-0.1, -0.05) is 24.3 Å². The predicted octanol–water partition coefficient (Wildman–Crippen LogP) is 1.95. The number of amides is 1. The minimum atomic E-state index is -0.0962. The van der Waals surface area contributed by atoms with Gasteiger partial charge in [-0.3, -0.25) is 9.69 Å². The first kappa shape index (κ1) is 14.8. The molecule has 2 aromatic rings. The Kier molecular flexibility index (Phi) is 4.53. The number of carbonyl (C=O) groups excluding carboxylic acids is 1. The summed E-state index contributed by atoms with van der Waals surface area (Å²) in [5.74, 6) is -0.0962. The first-order chi connectivity index (χ1) is 10.7. The monoisotopic (exact) mass is 298 g/mol. The lowest BCUT2D eigenvalue weighted by atomic mass is 10.1. The van der Waals surface area contributed by atoms with E-state index in [4.69, 9.17) is 0 Å². The second-order valence-electron chi connectivity index (χ2n) is 5.87. The van der Waals surface area contributed by atoms with Crippen molar-refractivity contribution in [3.63, 3.8) is 0 Å². The summed E-state index contributed by atoms with van der Waals surface area (Å²) >= 11 is 0. The molecule has 1 N–H and O–H groups in total. The first-order valence-electron chi connectivity index (χ1n) is 7.77. The summed E-state index contributed by atoms with van der Waals surface area (Å²) in [6.45, 7) is 3.99. The third-order valence-corrected chi connectivity index (χ3v) is 4.13. The molecule has 0 atom stereocenters. The third-order valence-electron chi connectivity index (χ3n) is 4.13. The molecule has 0 radical (unpaired) electrons. The SMILES string of the molecule is Cn1cncc1C(=O)NCc1ccc(CN2CCCC2)cc1. The lowest BCUT2D eigenvalue weighted by molar-refractivity contribution is 0.0942. The standard InChI is InChI=1S/C17H22N4O/c1-20-13-18-11-16(20)17(22)19-10-14-4-6-15(7-5-14)12-21-8-2-3-9-21/h4-7,11,13H,2-3,8-10,12H2,1H3,(H,19,22). The fourth-order valence-corrected chi connectivity index (χ4v) is 2.81. The third kappa shape index (κ3) is 3.54. The molecule has 0 saturated carbocycles. The second kappa shape index (κ2) is 6.75. The lowest BCUT2D eigenvalue weighted by Gasteiger charge is -2.14. The Morgan fingerprint density at radius 1 is 1.18 bits per heavy atom. The summed E-state index contributed by atoms with van der Waals surface area (Å²) in [7, 11) is 1.81. The van der Waals surface area contributed by atoms with Crippen LogP contribution >= 0.6 is 0 Å². The Bertz CT molecular complexity index is 626. The number of nitrogens with one attached hydrogen (secondary N) is 1. The average molecular weight is 298 g/mol. The summed E-state index contributed by atoms with van der Waals surface area (Å²) in [5.41, 5.74) is 3.02. The van der Waals surface area contributed by atoms with Crippen LogP contribution in [0.15, 0.2) is 36.8 Å². The van der Waals surface area contributed by atoms with E-state index in [2.05, 4.69) is 39.5 Å². The largest absolute Gasteiger partial charge is 0.347 e.